The van der Waals surface area contributed by atoms with Crippen molar-refractivity contribution < 1.29 is 0 Å². The highest BCUT2D eigenvalue weighted by Gasteiger charge is 2.60. The fourth-order valence-corrected chi connectivity index (χ4v) is 6.38. The van der Waals surface area contributed by atoms with Gasteiger partial charge in [0.25, 0.3) is 0 Å². The molecular formula is C17H29N. The molecule has 102 valence electrons. The lowest BCUT2D eigenvalue weighted by molar-refractivity contribution is 0.0897. The highest BCUT2D eigenvalue weighted by molar-refractivity contribution is 5.13. The molecule has 0 aliphatic heterocycles. The third kappa shape index (κ3) is 1.43. The number of fused-ring (bicyclic) bond motifs is 4. The van der Waals surface area contributed by atoms with Gasteiger partial charge in [0, 0.05) is 12.1 Å². The molecule has 4 unspecified atom stereocenters. The average Bonchev–Trinajstić information content (AvgIpc) is 3.01. The third-order valence-corrected chi connectivity index (χ3v) is 7.39. The van der Waals surface area contributed by atoms with Crippen LogP contribution in [0, 0.1) is 28.6 Å². The molecule has 4 saturated carbocycles. The van der Waals surface area contributed by atoms with Crippen molar-refractivity contribution in [2.45, 2.75) is 77.8 Å². The minimum Gasteiger partial charge on any atom is -0.310 e. The summed E-state index contributed by atoms with van der Waals surface area (Å²) in [6.45, 7) is 7.63. The second-order valence-corrected chi connectivity index (χ2v) is 8.80. The molecule has 4 bridgehead atoms. The van der Waals surface area contributed by atoms with E-state index < -0.39 is 0 Å². The van der Waals surface area contributed by atoms with Crippen molar-refractivity contribution in [2.24, 2.45) is 28.6 Å². The standard InChI is InChI=1S/C17H29N/c1-16(2)13-6-7-17(3,10-13)15(16)18-14-9-11-4-5-12(14)8-11/h11-15,18H,4-10H2,1-3H3/t11?,12?,13-,14?,15?,17+/m0/s1. The van der Waals surface area contributed by atoms with Crippen LogP contribution in [0.5, 0.6) is 0 Å². The Morgan fingerprint density at radius 3 is 2.39 bits per heavy atom. The van der Waals surface area contributed by atoms with E-state index in [-0.39, 0.29) is 0 Å². The normalized spacial score (nSPS) is 56.5. The smallest absolute Gasteiger partial charge is 0.0177 e. The van der Waals surface area contributed by atoms with Crippen LogP contribution in [0.4, 0.5) is 0 Å². The van der Waals surface area contributed by atoms with E-state index >= 15 is 0 Å². The van der Waals surface area contributed by atoms with E-state index in [0.29, 0.717) is 10.8 Å². The highest BCUT2D eigenvalue weighted by atomic mass is 15.0. The van der Waals surface area contributed by atoms with Crippen LogP contribution >= 0.6 is 0 Å². The first-order valence-corrected chi connectivity index (χ1v) is 8.25. The summed E-state index contributed by atoms with van der Waals surface area (Å²) >= 11 is 0. The number of rotatable bonds is 2. The molecule has 0 aromatic heterocycles. The Bertz CT molecular complexity index is 356. The van der Waals surface area contributed by atoms with Crippen molar-refractivity contribution in [3.05, 3.63) is 0 Å². The van der Waals surface area contributed by atoms with E-state index in [0.717, 1.165) is 29.8 Å². The van der Waals surface area contributed by atoms with E-state index in [4.69, 9.17) is 0 Å². The van der Waals surface area contributed by atoms with E-state index in [1.165, 1.54) is 44.9 Å². The molecule has 0 spiro atoms. The molecule has 4 rings (SSSR count). The number of hydrogen-bond acceptors (Lipinski definition) is 1. The summed E-state index contributed by atoms with van der Waals surface area (Å²) < 4.78 is 0. The van der Waals surface area contributed by atoms with Crippen LogP contribution in [-0.2, 0) is 0 Å². The van der Waals surface area contributed by atoms with Gasteiger partial charge in [0.15, 0.2) is 0 Å². The summed E-state index contributed by atoms with van der Waals surface area (Å²) in [5, 5.41) is 4.17. The van der Waals surface area contributed by atoms with Crippen LogP contribution in [0.1, 0.15) is 65.7 Å². The number of nitrogens with one attached hydrogen (secondary N) is 1. The van der Waals surface area contributed by atoms with Crippen molar-refractivity contribution >= 4 is 0 Å². The van der Waals surface area contributed by atoms with Crippen molar-refractivity contribution in [3.8, 4) is 0 Å². The molecule has 0 radical (unpaired) electrons. The predicted molar refractivity (Wildman–Crippen MR) is 75.4 cm³/mol. The monoisotopic (exact) mass is 247 g/mol. The molecular weight excluding hydrogens is 218 g/mol. The quantitative estimate of drug-likeness (QED) is 0.778. The molecule has 1 nitrogen and oxygen atoms in total. The summed E-state index contributed by atoms with van der Waals surface area (Å²) in [6.07, 6.45) is 10.5. The Kier molecular flexibility index (Phi) is 2.31. The minimum absolute atomic E-state index is 0.537. The van der Waals surface area contributed by atoms with Gasteiger partial charge >= 0.3 is 0 Å². The van der Waals surface area contributed by atoms with Gasteiger partial charge in [-0.1, -0.05) is 27.2 Å². The third-order valence-electron chi connectivity index (χ3n) is 7.39. The molecule has 0 aromatic rings. The van der Waals surface area contributed by atoms with Crippen molar-refractivity contribution in [3.63, 3.8) is 0 Å². The van der Waals surface area contributed by atoms with Gasteiger partial charge in [-0.25, -0.2) is 0 Å². The summed E-state index contributed by atoms with van der Waals surface area (Å²) in [6, 6.07) is 1.65. The van der Waals surface area contributed by atoms with E-state index in [2.05, 4.69) is 26.1 Å². The first-order chi connectivity index (χ1) is 8.49. The van der Waals surface area contributed by atoms with Crippen LogP contribution in [-0.4, -0.2) is 12.1 Å². The van der Waals surface area contributed by atoms with Crippen LogP contribution < -0.4 is 5.32 Å². The average molecular weight is 247 g/mol. The van der Waals surface area contributed by atoms with Crippen molar-refractivity contribution in [2.75, 3.05) is 0 Å². The molecule has 6 atom stereocenters. The van der Waals surface area contributed by atoms with Gasteiger partial charge in [-0.2, -0.15) is 0 Å². The van der Waals surface area contributed by atoms with Gasteiger partial charge in [0.2, 0.25) is 0 Å². The molecule has 4 aliphatic rings. The van der Waals surface area contributed by atoms with Crippen molar-refractivity contribution in [1.82, 2.24) is 5.32 Å². The van der Waals surface area contributed by atoms with E-state index in [9.17, 15) is 0 Å². The van der Waals surface area contributed by atoms with Gasteiger partial charge in [0.1, 0.15) is 0 Å². The fourth-order valence-electron chi connectivity index (χ4n) is 6.38. The SMILES string of the molecule is CC1(C)C(NC2CC3CCC2C3)[C@]2(C)CC[C@H]1C2. The van der Waals surface area contributed by atoms with E-state index in [1.54, 1.807) is 0 Å². The van der Waals surface area contributed by atoms with Crippen LogP contribution in [0.25, 0.3) is 0 Å². The van der Waals surface area contributed by atoms with Crippen LogP contribution in [0.15, 0.2) is 0 Å². The molecule has 1 heteroatoms. The summed E-state index contributed by atoms with van der Waals surface area (Å²) in [7, 11) is 0. The van der Waals surface area contributed by atoms with Crippen molar-refractivity contribution in [1.29, 1.82) is 0 Å². The predicted octanol–water partition coefficient (Wildman–Crippen LogP) is 3.98. The Labute approximate surface area is 112 Å². The first kappa shape index (κ1) is 11.8. The highest BCUT2D eigenvalue weighted by Crippen LogP contribution is 2.63. The van der Waals surface area contributed by atoms with Crippen LogP contribution in [0.2, 0.25) is 0 Å². The largest absolute Gasteiger partial charge is 0.310 e. The van der Waals surface area contributed by atoms with Gasteiger partial charge in [-0.05, 0) is 67.1 Å². The Hall–Kier alpha value is -0.0400. The maximum Gasteiger partial charge on any atom is 0.0177 e. The van der Waals surface area contributed by atoms with Gasteiger partial charge in [0.05, 0.1) is 0 Å². The zero-order chi connectivity index (χ0) is 12.5. The summed E-state index contributed by atoms with van der Waals surface area (Å²) in [5.74, 6) is 3.08. The molecule has 0 amide bonds. The van der Waals surface area contributed by atoms with Gasteiger partial charge in [-0.3, -0.25) is 0 Å². The molecule has 4 aliphatic carbocycles. The molecule has 18 heavy (non-hydrogen) atoms. The molecule has 0 saturated heterocycles. The van der Waals surface area contributed by atoms with Crippen LogP contribution in [0.3, 0.4) is 0 Å². The van der Waals surface area contributed by atoms with E-state index in [1.807, 2.05) is 0 Å². The second-order valence-electron chi connectivity index (χ2n) is 8.80. The van der Waals surface area contributed by atoms with Gasteiger partial charge in [-0.15, -0.1) is 0 Å². The first-order valence-electron chi connectivity index (χ1n) is 8.25. The molecule has 1 N–H and O–H groups in total. The topological polar surface area (TPSA) is 12.0 Å². The number of hydrogen-bond donors (Lipinski definition) is 1. The Morgan fingerprint density at radius 1 is 1.00 bits per heavy atom. The molecule has 0 aromatic carbocycles. The fraction of sp³-hybridized carbons (Fsp3) is 1.00. The van der Waals surface area contributed by atoms with Gasteiger partial charge < -0.3 is 5.32 Å². The molecule has 0 heterocycles. The Morgan fingerprint density at radius 2 is 1.83 bits per heavy atom. The molecule has 4 fully saturated rings. The second kappa shape index (κ2) is 3.53. The Balaban J connectivity index is 1.54. The maximum absolute atomic E-state index is 4.17. The summed E-state index contributed by atoms with van der Waals surface area (Å²) in [4.78, 5) is 0. The zero-order valence-corrected chi connectivity index (χ0v) is 12.3. The lowest BCUT2D eigenvalue weighted by Crippen LogP contribution is -2.54. The summed E-state index contributed by atoms with van der Waals surface area (Å²) in [5.41, 5.74) is 1.14. The lowest BCUT2D eigenvalue weighted by atomic mass is 9.68. The lowest BCUT2D eigenvalue weighted by Gasteiger charge is -2.45. The minimum atomic E-state index is 0.537. The maximum atomic E-state index is 4.17. The zero-order valence-electron chi connectivity index (χ0n) is 12.3.